The number of imidazole rings is 1. The van der Waals surface area contributed by atoms with Gasteiger partial charge in [-0.05, 0) is 12.1 Å². The monoisotopic (exact) mass is 413 g/mol. The average Bonchev–Trinajstić information content (AvgIpc) is 3.37. The lowest BCUT2D eigenvalue weighted by Gasteiger charge is -2.33. The van der Waals surface area contributed by atoms with Crippen LogP contribution in [0.4, 0.5) is 10.8 Å². The maximum absolute atomic E-state index is 12.6. The van der Waals surface area contributed by atoms with E-state index in [1.54, 1.807) is 20.3 Å². The number of halogens is 1. The Kier molecular flexibility index (Phi) is 4.06. The minimum atomic E-state index is 0.0361. The van der Waals surface area contributed by atoms with E-state index in [0.29, 0.717) is 18.1 Å². The van der Waals surface area contributed by atoms with Crippen LogP contribution in [0.3, 0.4) is 0 Å². The van der Waals surface area contributed by atoms with Crippen LogP contribution in [0.5, 0.6) is 0 Å². The molecule has 1 aromatic carbocycles. The van der Waals surface area contributed by atoms with Crippen molar-refractivity contribution in [2.75, 3.05) is 29.4 Å². The zero-order valence-corrected chi connectivity index (χ0v) is 16.6. The third kappa shape index (κ3) is 3.02. The zero-order chi connectivity index (χ0) is 19.3. The molecule has 0 N–H and O–H groups in total. The molecule has 142 valence electrons. The molecule has 0 spiro atoms. The van der Waals surface area contributed by atoms with Gasteiger partial charge in [0.25, 0.3) is 0 Å². The van der Waals surface area contributed by atoms with E-state index >= 15 is 0 Å². The van der Waals surface area contributed by atoms with E-state index in [-0.39, 0.29) is 12.5 Å². The summed E-state index contributed by atoms with van der Waals surface area (Å²) in [5, 5.41) is 10.3. The van der Waals surface area contributed by atoms with Crippen molar-refractivity contribution in [2.24, 2.45) is 7.05 Å². The molecule has 0 atom stereocenters. The summed E-state index contributed by atoms with van der Waals surface area (Å²) in [5.41, 5.74) is 2.66. The van der Waals surface area contributed by atoms with Gasteiger partial charge in [0.1, 0.15) is 0 Å². The highest BCUT2D eigenvalue weighted by Crippen LogP contribution is 2.28. The number of amides is 1. The van der Waals surface area contributed by atoms with Gasteiger partial charge in [0.15, 0.2) is 0 Å². The molecule has 1 aliphatic rings. The Morgan fingerprint density at radius 2 is 1.96 bits per heavy atom. The number of piperazine rings is 1. The largest absolute Gasteiger partial charge is 0.336 e. The number of hydrogen-bond donors (Lipinski definition) is 0. The van der Waals surface area contributed by atoms with Gasteiger partial charge >= 0.3 is 0 Å². The van der Waals surface area contributed by atoms with Crippen molar-refractivity contribution in [1.29, 1.82) is 0 Å². The second-order valence-electron chi connectivity index (χ2n) is 6.58. The fourth-order valence-electron chi connectivity index (χ4n) is 3.23. The molecule has 1 fully saturated rings. The smallest absolute Gasteiger partial charge is 0.246 e. The highest BCUT2D eigenvalue weighted by atomic mass is 35.5. The molecule has 5 rings (SSSR count). The molecule has 28 heavy (non-hydrogen) atoms. The first kappa shape index (κ1) is 17.2. The number of fused-ring (bicyclic) bond motifs is 1. The topological polar surface area (TPSA) is 71.6 Å². The molecular formula is C18H16ClN7OS. The third-order valence-corrected chi connectivity index (χ3v) is 5.90. The minimum Gasteiger partial charge on any atom is -0.336 e. The van der Waals surface area contributed by atoms with E-state index in [9.17, 15) is 4.79 Å². The molecular weight excluding hydrogens is 398 g/mol. The highest BCUT2D eigenvalue weighted by molar-refractivity contribution is 7.20. The summed E-state index contributed by atoms with van der Waals surface area (Å²) in [5.74, 6) is 0.0361. The number of aromatic nitrogens is 5. The fraction of sp³-hybridized carbons (Fsp3) is 0.222. The second kappa shape index (κ2) is 6.61. The SMILES string of the molecule is Cn1cc(N2CCN(c3nn4cc(-c5ccc(Cl)cc5)nc4s3)CC2=O)cn1. The predicted octanol–water partition coefficient (Wildman–Crippen LogP) is 2.70. The lowest BCUT2D eigenvalue weighted by molar-refractivity contribution is -0.117. The number of hydrogen-bond acceptors (Lipinski definition) is 6. The van der Waals surface area contributed by atoms with Crippen LogP contribution in [-0.4, -0.2) is 49.9 Å². The van der Waals surface area contributed by atoms with Gasteiger partial charge in [-0.3, -0.25) is 9.48 Å². The van der Waals surface area contributed by atoms with Crippen LogP contribution in [0.25, 0.3) is 16.2 Å². The van der Waals surface area contributed by atoms with E-state index in [2.05, 4.69) is 15.2 Å². The van der Waals surface area contributed by atoms with Crippen molar-refractivity contribution < 1.29 is 4.79 Å². The van der Waals surface area contributed by atoms with Crippen LogP contribution in [0.2, 0.25) is 5.02 Å². The molecule has 8 nitrogen and oxygen atoms in total. The van der Waals surface area contributed by atoms with Crippen molar-refractivity contribution in [3.8, 4) is 11.3 Å². The second-order valence-corrected chi connectivity index (χ2v) is 7.95. The zero-order valence-electron chi connectivity index (χ0n) is 15.0. The molecule has 1 amide bonds. The maximum atomic E-state index is 12.6. The summed E-state index contributed by atoms with van der Waals surface area (Å²) < 4.78 is 3.46. The minimum absolute atomic E-state index is 0.0361. The van der Waals surface area contributed by atoms with Crippen LogP contribution < -0.4 is 9.80 Å². The summed E-state index contributed by atoms with van der Waals surface area (Å²) in [4.78, 5) is 21.8. The third-order valence-electron chi connectivity index (χ3n) is 4.67. The van der Waals surface area contributed by atoms with Crippen molar-refractivity contribution in [2.45, 2.75) is 0 Å². The molecule has 0 radical (unpaired) electrons. The summed E-state index contributed by atoms with van der Waals surface area (Å²) in [6, 6.07) is 7.56. The van der Waals surface area contributed by atoms with Gasteiger partial charge in [0.2, 0.25) is 16.0 Å². The lowest BCUT2D eigenvalue weighted by atomic mass is 10.2. The molecule has 0 aliphatic carbocycles. The van der Waals surface area contributed by atoms with Crippen LogP contribution in [0.15, 0.2) is 42.9 Å². The molecule has 0 saturated carbocycles. The predicted molar refractivity (Wildman–Crippen MR) is 109 cm³/mol. The first-order valence-corrected chi connectivity index (χ1v) is 9.92. The van der Waals surface area contributed by atoms with Crippen LogP contribution >= 0.6 is 22.9 Å². The molecule has 1 saturated heterocycles. The maximum Gasteiger partial charge on any atom is 0.246 e. The van der Waals surface area contributed by atoms with Crippen molar-refractivity contribution in [3.05, 3.63) is 47.9 Å². The number of nitrogens with zero attached hydrogens (tertiary/aromatic N) is 7. The van der Waals surface area contributed by atoms with Gasteiger partial charge in [0, 0.05) is 36.9 Å². The molecule has 1 aliphatic heterocycles. The van der Waals surface area contributed by atoms with Gasteiger partial charge in [-0.15, -0.1) is 5.10 Å². The number of carbonyl (C=O) groups excluding carboxylic acids is 1. The Hall–Kier alpha value is -2.91. The van der Waals surface area contributed by atoms with Gasteiger partial charge < -0.3 is 9.80 Å². The Balaban J connectivity index is 1.35. The molecule has 10 heteroatoms. The lowest BCUT2D eigenvalue weighted by Crippen LogP contribution is -2.50. The molecule has 4 aromatic rings. The summed E-state index contributed by atoms with van der Waals surface area (Å²) >= 11 is 7.43. The van der Waals surface area contributed by atoms with Gasteiger partial charge in [-0.25, -0.2) is 9.50 Å². The summed E-state index contributed by atoms with van der Waals surface area (Å²) in [7, 11) is 1.84. The van der Waals surface area contributed by atoms with Crippen molar-refractivity contribution >= 4 is 44.6 Å². The first-order valence-electron chi connectivity index (χ1n) is 8.73. The number of carbonyl (C=O) groups is 1. The van der Waals surface area contributed by atoms with Crippen LogP contribution in [0, 0.1) is 0 Å². The number of anilines is 2. The van der Waals surface area contributed by atoms with E-state index in [1.165, 1.54) is 11.3 Å². The standard InChI is InChI=1S/C18H16ClN7OS/c1-23-9-14(8-20-23)25-7-6-24(11-16(25)27)18-22-26-10-15(21-17(26)28-18)12-2-4-13(19)5-3-12/h2-5,8-10H,6-7,11H2,1H3. The first-order chi connectivity index (χ1) is 13.6. The van der Waals surface area contributed by atoms with E-state index < -0.39 is 0 Å². The Labute approximate surface area is 169 Å². The van der Waals surface area contributed by atoms with Crippen molar-refractivity contribution in [1.82, 2.24) is 24.4 Å². The quantitative estimate of drug-likeness (QED) is 0.516. The Morgan fingerprint density at radius 1 is 1.14 bits per heavy atom. The van der Waals surface area contributed by atoms with Crippen LogP contribution in [0.1, 0.15) is 0 Å². The molecule has 4 heterocycles. The van der Waals surface area contributed by atoms with E-state index in [1.807, 2.05) is 48.6 Å². The van der Waals surface area contributed by atoms with Gasteiger partial charge in [-0.1, -0.05) is 35.1 Å². The summed E-state index contributed by atoms with van der Waals surface area (Å²) in [6.45, 7) is 1.60. The normalized spacial score (nSPS) is 15.0. The molecule has 0 unspecified atom stereocenters. The average molecular weight is 414 g/mol. The van der Waals surface area contributed by atoms with E-state index in [4.69, 9.17) is 11.6 Å². The molecule has 3 aromatic heterocycles. The summed E-state index contributed by atoms with van der Waals surface area (Å²) in [6.07, 6.45) is 5.46. The number of benzene rings is 1. The fourth-order valence-corrected chi connectivity index (χ4v) is 4.27. The van der Waals surface area contributed by atoms with Gasteiger partial charge in [-0.2, -0.15) is 5.10 Å². The van der Waals surface area contributed by atoms with Gasteiger partial charge in [0.05, 0.1) is 30.3 Å². The highest BCUT2D eigenvalue weighted by Gasteiger charge is 2.28. The number of rotatable bonds is 3. The molecule has 0 bridgehead atoms. The van der Waals surface area contributed by atoms with Crippen LogP contribution in [-0.2, 0) is 11.8 Å². The Bertz CT molecular complexity index is 1130. The Morgan fingerprint density at radius 3 is 2.64 bits per heavy atom. The van der Waals surface area contributed by atoms with Crippen molar-refractivity contribution in [3.63, 3.8) is 0 Å². The van der Waals surface area contributed by atoms with E-state index in [0.717, 1.165) is 27.0 Å². The number of aryl methyl sites for hydroxylation is 1.